The molecule has 0 aliphatic heterocycles. The number of nitrogens with one attached hydrogen (secondary N) is 1. The highest BCUT2D eigenvalue weighted by atomic mass is 19.1. The summed E-state index contributed by atoms with van der Waals surface area (Å²) in [6.45, 7) is 0. The largest absolute Gasteiger partial charge is 0.361 e. The third kappa shape index (κ3) is 2.50. The summed E-state index contributed by atoms with van der Waals surface area (Å²) >= 11 is 0. The molecule has 0 aliphatic rings. The van der Waals surface area contributed by atoms with Gasteiger partial charge in [0.2, 0.25) is 0 Å². The summed E-state index contributed by atoms with van der Waals surface area (Å²) in [5.41, 5.74) is 5.95. The highest BCUT2D eigenvalue weighted by molar-refractivity contribution is 5.86. The number of benzene rings is 2. The second-order valence-corrected chi connectivity index (χ2v) is 6.11. The van der Waals surface area contributed by atoms with Crippen molar-refractivity contribution in [1.29, 1.82) is 0 Å². The molecule has 0 amide bonds. The molecule has 5 rings (SSSR count). The zero-order chi connectivity index (χ0) is 17.5. The first-order valence-electron chi connectivity index (χ1n) is 8.22. The Morgan fingerprint density at radius 2 is 1.62 bits per heavy atom. The minimum Gasteiger partial charge on any atom is -0.361 e. The fourth-order valence-electron chi connectivity index (χ4n) is 3.05. The molecule has 1 N–H and O–H groups in total. The molecule has 3 heterocycles. The van der Waals surface area contributed by atoms with Crippen molar-refractivity contribution in [3.8, 4) is 22.4 Å². The predicted octanol–water partition coefficient (Wildman–Crippen LogP) is 4.98. The minimum absolute atomic E-state index is 0.273. The summed E-state index contributed by atoms with van der Waals surface area (Å²) < 4.78 is 13.1. The van der Waals surface area contributed by atoms with Crippen molar-refractivity contribution < 1.29 is 4.39 Å². The lowest BCUT2D eigenvalue weighted by molar-refractivity contribution is 0.628. The third-order valence-corrected chi connectivity index (χ3v) is 4.43. The van der Waals surface area contributed by atoms with Gasteiger partial charge in [-0.25, -0.2) is 14.4 Å². The van der Waals surface area contributed by atoms with Crippen LogP contribution >= 0.6 is 0 Å². The van der Waals surface area contributed by atoms with Crippen molar-refractivity contribution >= 4 is 22.1 Å². The lowest BCUT2D eigenvalue weighted by Gasteiger charge is -2.05. The van der Waals surface area contributed by atoms with E-state index in [0.717, 1.165) is 33.1 Å². The Labute approximate surface area is 148 Å². The molecule has 124 valence electrons. The van der Waals surface area contributed by atoms with E-state index in [-0.39, 0.29) is 5.82 Å². The number of nitrogens with zero attached hydrogens (tertiary/aromatic N) is 3. The predicted molar refractivity (Wildman–Crippen MR) is 100 cm³/mol. The number of hydrogen-bond acceptors (Lipinski definition) is 3. The first-order valence-corrected chi connectivity index (χ1v) is 8.22. The van der Waals surface area contributed by atoms with Crippen LogP contribution in [0.5, 0.6) is 0 Å². The van der Waals surface area contributed by atoms with Gasteiger partial charge < -0.3 is 4.98 Å². The molecule has 0 saturated carbocycles. The summed E-state index contributed by atoms with van der Waals surface area (Å²) in [5, 5.41) is 1.15. The van der Waals surface area contributed by atoms with Gasteiger partial charge in [-0.2, -0.15) is 0 Å². The van der Waals surface area contributed by atoms with Crippen LogP contribution in [0.1, 0.15) is 0 Å². The molecule has 4 nitrogen and oxygen atoms in total. The second-order valence-electron chi connectivity index (χ2n) is 6.11. The molecule has 2 aromatic carbocycles. The lowest BCUT2D eigenvalue weighted by atomic mass is 10.1. The summed E-state index contributed by atoms with van der Waals surface area (Å²) in [6.07, 6.45) is 5.42. The van der Waals surface area contributed by atoms with E-state index in [4.69, 9.17) is 0 Å². The van der Waals surface area contributed by atoms with Crippen molar-refractivity contribution in [1.82, 2.24) is 19.9 Å². The number of aromatic nitrogens is 4. The van der Waals surface area contributed by atoms with Gasteiger partial charge in [-0.15, -0.1) is 0 Å². The van der Waals surface area contributed by atoms with Crippen molar-refractivity contribution in [2.45, 2.75) is 0 Å². The lowest BCUT2D eigenvalue weighted by Crippen LogP contribution is -1.92. The van der Waals surface area contributed by atoms with E-state index in [0.29, 0.717) is 11.3 Å². The number of fused-ring (bicyclic) bond motifs is 2. The minimum atomic E-state index is -0.273. The number of rotatable bonds is 2. The molecular weight excluding hydrogens is 327 g/mol. The first-order chi connectivity index (χ1) is 12.8. The smallest absolute Gasteiger partial charge is 0.178 e. The van der Waals surface area contributed by atoms with Crippen LogP contribution < -0.4 is 0 Å². The van der Waals surface area contributed by atoms with E-state index in [1.54, 1.807) is 24.5 Å². The van der Waals surface area contributed by atoms with Crippen LogP contribution in [0.4, 0.5) is 4.39 Å². The molecule has 0 atom stereocenters. The van der Waals surface area contributed by atoms with E-state index >= 15 is 0 Å². The zero-order valence-corrected chi connectivity index (χ0v) is 13.6. The van der Waals surface area contributed by atoms with Gasteiger partial charge in [0, 0.05) is 29.0 Å². The van der Waals surface area contributed by atoms with Crippen LogP contribution in [0, 0.1) is 5.82 Å². The number of halogens is 1. The molecule has 0 aliphatic carbocycles. The van der Waals surface area contributed by atoms with E-state index in [9.17, 15) is 4.39 Å². The maximum absolute atomic E-state index is 13.1. The molecule has 5 aromatic rings. The van der Waals surface area contributed by atoms with E-state index in [1.165, 1.54) is 12.1 Å². The van der Waals surface area contributed by atoms with Crippen molar-refractivity contribution in [2.75, 3.05) is 0 Å². The standard InChI is InChI=1S/C21H13FN4/c22-17-4-1-13(2-5-17)20-12-24-19-10-16(11-25-21(19)26-20)14-3-6-18-15(9-14)7-8-23-18/h1-12,23H. The van der Waals surface area contributed by atoms with Crippen LogP contribution in [0.3, 0.4) is 0 Å². The maximum atomic E-state index is 13.1. The van der Waals surface area contributed by atoms with E-state index < -0.39 is 0 Å². The van der Waals surface area contributed by atoms with E-state index in [2.05, 4.69) is 38.1 Å². The normalized spacial score (nSPS) is 11.3. The van der Waals surface area contributed by atoms with Crippen LogP contribution in [0.2, 0.25) is 0 Å². The Balaban J connectivity index is 1.57. The monoisotopic (exact) mass is 340 g/mol. The molecular formula is C21H13FN4. The van der Waals surface area contributed by atoms with Crippen LogP contribution in [0.25, 0.3) is 44.5 Å². The van der Waals surface area contributed by atoms with Crippen molar-refractivity contribution in [3.05, 3.63) is 79.0 Å². The molecule has 0 unspecified atom stereocenters. The van der Waals surface area contributed by atoms with Gasteiger partial charge >= 0.3 is 0 Å². The topological polar surface area (TPSA) is 54.5 Å². The summed E-state index contributed by atoms with van der Waals surface area (Å²) in [6, 6.07) is 16.5. The molecule has 0 saturated heterocycles. The zero-order valence-electron chi connectivity index (χ0n) is 13.6. The average molecular weight is 340 g/mol. The Kier molecular flexibility index (Phi) is 3.25. The summed E-state index contributed by atoms with van der Waals surface area (Å²) in [4.78, 5) is 16.7. The van der Waals surface area contributed by atoms with Crippen LogP contribution in [-0.2, 0) is 0 Å². The Morgan fingerprint density at radius 3 is 2.50 bits per heavy atom. The quantitative estimate of drug-likeness (QED) is 0.493. The van der Waals surface area contributed by atoms with Gasteiger partial charge in [0.25, 0.3) is 0 Å². The molecule has 3 aromatic heterocycles. The number of H-pyrrole nitrogens is 1. The molecule has 0 fully saturated rings. The van der Waals surface area contributed by atoms with Crippen molar-refractivity contribution in [3.63, 3.8) is 0 Å². The highest BCUT2D eigenvalue weighted by Crippen LogP contribution is 2.26. The Hall–Kier alpha value is -3.60. The van der Waals surface area contributed by atoms with Crippen LogP contribution in [-0.4, -0.2) is 19.9 Å². The summed E-state index contributed by atoms with van der Waals surface area (Å²) in [7, 11) is 0. The fourth-order valence-corrected chi connectivity index (χ4v) is 3.05. The fraction of sp³-hybridized carbons (Fsp3) is 0. The highest BCUT2D eigenvalue weighted by Gasteiger charge is 2.07. The SMILES string of the molecule is Fc1ccc(-c2cnc3cc(-c4ccc5[nH]ccc5c4)cnc3n2)cc1. The maximum Gasteiger partial charge on any atom is 0.178 e. The van der Waals surface area contributed by atoms with Crippen molar-refractivity contribution in [2.24, 2.45) is 0 Å². The molecule has 0 bridgehead atoms. The van der Waals surface area contributed by atoms with Gasteiger partial charge in [0.15, 0.2) is 5.65 Å². The van der Waals surface area contributed by atoms with Gasteiger partial charge in [-0.3, -0.25) is 4.98 Å². The molecule has 0 radical (unpaired) electrons. The Bertz CT molecular complexity index is 1240. The third-order valence-electron chi connectivity index (χ3n) is 4.43. The molecule has 0 spiro atoms. The number of pyridine rings is 1. The first kappa shape index (κ1) is 14.7. The second kappa shape index (κ2) is 5.74. The van der Waals surface area contributed by atoms with Gasteiger partial charge in [-0.05, 0) is 59.5 Å². The summed E-state index contributed by atoms with van der Waals surface area (Å²) in [5.74, 6) is -0.273. The van der Waals surface area contributed by atoms with Gasteiger partial charge in [0.05, 0.1) is 11.9 Å². The average Bonchev–Trinajstić information content (AvgIpc) is 3.15. The number of hydrogen-bond donors (Lipinski definition) is 1. The number of aromatic amines is 1. The molecule has 5 heteroatoms. The van der Waals surface area contributed by atoms with E-state index in [1.807, 2.05) is 18.3 Å². The Morgan fingerprint density at radius 1 is 0.769 bits per heavy atom. The van der Waals surface area contributed by atoms with Crippen LogP contribution in [0.15, 0.2) is 73.2 Å². The van der Waals surface area contributed by atoms with Gasteiger partial charge in [-0.1, -0.05) is 6.07 Å². The molecule has 26 heavy (non-hydrogen) atoms. The van der Waals surface area contributed by atoms with Gasteiger partial charge in [0.1, 0.15) is 11.3 Å².